The standard InChI is InChI=1S/C13H14O4/c14-11-4-6-13(17,7-5-11)10-3-1-2-9(8-10)12(15)16/h1-3,8,17H,4-7H2,(H,15,16). The number of hydrogen-bond acceptors (Lipinski definition) is 3. The van der Waals surface area contributed by atoms with Crippen LogP contribution in [-0.4, -0.2) is 22.0 Å². The Labute approximate surface area is 98.9 Å². The minimum atomic E-state index is -1.06. The molecule has 0 amide bonds. The summed E-state index contributed by atoms with van der Waals surface area (Å²) in [5.74, 6) is -0.855. The highest BCUT2D eigenvalue weighted by Crippen LogP contribution is 2.35. The lowest BCUT2D eigenvalue weighted by Gasteiger charge is -2.32. The summed E-state index contributed by atoms with van der Waals surface area (Å²) < 4.78 is 0. The van der Waals surface area contributed by atoms with Crippen LogP contribution in [0.2, 0.25) is 0 Å². The first-order valence-electron chi connectivity index (χ1n) is 5.59. The van der Waals surface area contributed by atoms with Gasteiger partial charge in [-0.15, -0.1) is 0 Å². The number of ketones is 1. The Kier molecular flexibility index (Phi) is 2.98. The number of carboxylic acid groups (broad SMARTS) is 1. The molecule has 0 aromatic heterocycles. The Balaban J connectivity index is 2.30. The Morgan fingerprint density at radius 3 is 2.47 bits per heavy atom. The van der Waals surface area contributed by atoms with Gasteiger partial charge in [-0.1, -0.05) is 12.1 Å². The zero-order chi connectivity index (χ0) is 12.5. The van der Waals surface area contributed by atoms with E-state index >= 15 is 0 Å². The van der Waals surface area contributed by atoms with Gasteiger partial charge in [0.1, 0.15) is 5.78 Å². The summed E-state index contributed by atoms with van der Waals surface area (Å²) >= 11 is 0. The van der Waals surface area contributed by atoms with E-state index in [4.69, 9.17) is 5.11 Å². The number of carbonyl (C=O) groups is 2. The van der Waals surface area contributed by atoms with Crippen LogP contribution >= 0.6 is 0 Å². The van der Waals surface area contributed by atoms with Crippen LogP contribution in [0.5, 0.6) is 0 Å². The van der Waals surface area contributed by atoms with Crippen molar-refractivity contribution >= 4 is 11.8 Å². The van der Waals surface area contributed by atoms with Crippen LogP contribution in [0.1, 0.15) is 41.6 Å². The molecule has 0 heterocycles. The van der Waals surface area contributed by atoms with Crippen LogP contribution < -0.4 is 0 Å². The number of rotatable bonds is 2. The first-order chi connectivity index (χ1) is 8.01. The monoisotopic (exact) mass is 234 g/mol. The minimum Gasteiger partial charge on any atom is -0.478 e. The van der Waals surface area contributed by atoms with E-state index in [1.165, 1.54) is 12.1 Å². The summed E-state index contributed by atoms with van der Waals surface area (Å²) in [5.41, 5.74) is -0.308. The van der Waals surface area contributed by atoms with Crippen molar-refractivity contribution in [3.8, 4) is 0 Å². The van der Waals surface area contributed by atoms with Gasteiger partial charge in [-0.3, -0.25) is 4.79 Å². The number of benzene rings is 1. The van der Waals surface area contributed by atoms with Crippen molar-refractivity contribution in [1.82, 2.24) is 0 Å². The zero-order valence-electron chi connectivity index (χ0n) is 9.35. The molecule has 2 N–H and O–H groups in total. The highest BCUT2D eigenvalue weighted by atomic mass is 16.4. The average Bonchev–Trinajstić information content (AvgIpc) is 2.33. The van der Waals surface area contributed by atoms with Crippen LogP contribution in [0, 0.1) is 0 Å². The van der Waals surface area contributed by atoms with E-state index in [9.17, 15) is 14.7 Å². The van der Waals surface area contributed by atoms with E-state index in [0.717, 1.165) is 0 Å². The summed E-state index contributed by atoms with van der Waals surface area (Å²) in [6.07, 6.45) is 1.45. The van der Waals surface area contributed by atoms with Gasteiger partial charge in [-0.05, 0) is 30.5 Å². The molecule has 0 saturated heterocycles. The lowest BCUT2D eigenvalue weighted by molar-refractivity contribution is -0.125. The third-order valence-corrected chi connectivity index (χ3v) is 3.28. The third kappa shape index (κ3) is 2.36. The smallest absolute Gasteiger partial charge is 0.335 e. The fourth-order valence-corrected chi connectivity index (χ4v) is 2.17. The molecule has 1 aliphatic rings. The number of hydrogen-bond donors (Lipinski definition) is 2. The molecule has 1 aromatic carbocycles. The summed E-state index contributed by atoms with van der Waals surface area (Å²) in [5, 5.41) is 19.3. The minimum absolute atomic E-state index is 0.157. The summed E-state index contributed by atoms with van der Waals surface area (Å²) in [6.45, 7) is 0. The number of aliphatic hydroxyl groups is 1. The molecule has 1 saturated carbocycles. The molecule has 0 bridgehead atoms. The molecule has 0 atom stereocenters. The van der Waals surface area contributed by atoms with Gasteiger partial charge in [-0.25, -0.2) is 4.79 Å². The first kappa shape index (κ1) is 11.8. The number of aromatic carboxylic acids is 1. The fraction of sp³-hybridized carbons (Fsp3) is 0.385. The second-order valence-electron chi connectivity index (χ2n) is 4.46. The zero-order valence-corrected chi connectivity index (χ0v) is 9.35. The Bertz CT molecular complexity index is 454. The van der Waals surface area contributed by atoms with Crippen molar-refractivity contribution in [3.05, 3.63) is 35.4 Å². The van der Waals surface area contributed by atoms with Crippen molar-refractivity contribution in [2.45, 2.75) is 31.3 Å². The second-order valence-corrected chi connectivity index (χ2v) is 4.46. The topological polar surface area (TPSA) is 74.6 Å². The van der Waals surface area contributed by atoms with Crippen molar-refractivity contribution in [2.24, 2.45) is 0 Å². The lowest BCUT2D eigenvalue weighted by Crippen LogP contribution is -2.31. The van der Waals surface area contributed by atoms with E-state index in [1.54, 1.807) is 12.1 Å². The molecular formula is C13H14O4. The maximum absolute atomic E-state index is 11.2. The molecule has 2 rings (SSSR count). The van der Waals surface area contributed by atoms with Gasteiger partial charge in [0, 0.05) is 12.8 Å². The molecule has 90 valence electrons. The van der Waals surface area contributed by atoms with E-state index in [-0.39, 0.29) is 11.3 Å². The number of carboxylic acids is 1. The second kappa shape index (κ2) is 4.30. The molecule has 1 fully saturated rings. The number of Topliss-reactive ketones (excluding diaryl/α,β-unsaturated/α-hetero) is 1. The van der Waals surface area contributed by atoms with Crippen molar-refractivity contribution in [1.29, 1.82) is 0 Å². The average molecular weight is 234 g/mol. The van der Waals surface area contributed by atoms with Crippen LogP contribution in [0.15, 0.2) is 24.3 Å². The Hall–Kier alpha value is -1.68. The van der Waals surface area contributed by atoms with Crippen molar-refractivity contribution in [2.75, 3.05) is 0 Å². The van der Waals surface area contributed by atoms with E-state index in [1.807, 2.05) is 0 Å². The van der Waals surface area contributed by atoms with E-state index in [0.29, 0.717) is 31.2 Å². The summed E-state index contributed by atoms with van der Waals surface area (Å²) in [4.78, 5) is 22.0. The van der Waals surface area contributed by atoms with Gasteiger partial charge in [0.05, 0.1) is 11.2 Å². The Morgan fingerprint density at radius 2 is 1.88 bits per heavy atom. The molecular weight excluding hydrogens is 220 g/mol. The first-order valence-corrected chi connectivity index (χ1v) is 5.59. The molecule has 17 heavy (non-hydrogen) atoms. The molecule has 4 heteroatoms. The molecule has 1 aliphatic carbocycles. The van der Waals surface area contributed by atoms with Crippen LogP contribution in [0.3, 0.4) is 0 Å². The van der Waals surface area contributed by atoms with Crippen molar-refractivity contribution < 1.29 is 19.8 Å². The van der Waals surface area contributed by atoms with Gasteiger partial charge in [0.15, 0.2) is 0 Å². The highest BCUT2D eigenvalue weighted by molar-refractivity contribution is 5.87. The summed E-state index contributed by atoms with van der Waals surface area (Å²) in [7, 11) is 0. The largest absolute Gasteiger partial charge is 0.478 e. The van der Waals surface area contributed by atoms with Gasteiger partial charge >= 0.3 is 5.97 Å². The van der Waals surface area contributed by atoms with E-state index in [2.05, 4.69) is 0 Å². The predicted octanol–water partition coefficient (Wildman–Crippen LogP) is 1.72. The van der Waals surface area contributed by atoms with E-state index < -0.39 is 11.6 Å². The highest BCUT2D eigenvalue weighted by Gasteiger charge is 2.34. The molecule has 0 radical (unpaired) electrons. The van der Waals surface area contributed by atoms with Crippen molar-refractivity contribution in [3.63, 3.8) is 0 Å². The molecule has 0 aliphatic heterocycles. The SMILES string of the molecule is O=C1CCC(O)(c2cccc(C(=O)O)c2)CC1. The third-order valence-electron chi connectivity index (χ3n) is 3.28. The predicted molar refractivity (Wildman–Crippen MR) is 60.8 cm³/mol. The molecule has 0 spiro atoms. The van der Waals surface area contributed by atoms with Gasteiger partial charge in [0.2, 0.25) is 0 Å². The van der Waals surface area contributed by atoms with Crippen LogP contribution in [0.25, 0.3) is 0 Å². The summed E-state index contributed by atoms with van der Waals surface area (Å²) in [6, 6.07) is 6.30. The number of carbonyl (C=O) groups excluding carboxylic acids is 1. The van der Waals surface area contributed by atoms with Gasteiger partial charge in [0.25, 0.3) is 0 Å². The fourth-order valence-electron chi connectivity index (χ4n) is 2.17. The maximum Gasteiger partial charge on any atom is 0.335 e. The maximum atomic E-state index is 11.2. The van der Waals surface area contributed by atoms with Crippen LogP contribution in [0.4, 0.5) is 0 Å². The molecule has 4 nitrogen and oxygen atoms in total. The lowest BCUT2D eigenvalue weighted by atomic mass is 9.79. The normalized spacial score (nSPS) is 19.0. The van der Waals surface area contributed by atoms with Crippen LogP contribution in [-0.2, 0) is 10.4 Å². The molecule has 1 aromatic rings. The quantitative estimate of drug-likeness (QED) is 0.817. The molecule has 0 unspecified atom stereocenters. The van der Waals surface area contributed by atoms with Gasteiger partial charge < -0.3 is 10.2 Å². The Morgan fingerprint density at radius 1 is 1.24 bits per heavy atom. The van der Waals surface area contributed by atoms with Gasteiger partial charge in [-0.2, -0.15) is 0 Å².